The molecule has 0 aromatic heterocycles. The second kappa shape index (κ2) is 10.6. The van der Waals surface area contributed by atoms with Gasteiger partial charge < -0.3 is 44.5 Å². The van der Waals surface area contributed by atoms with Crippen LogP contribution in [0.1, 0.15) is 85.5 Å². The molecule has 4 saturated carbocycles. The summed E-state index contributed by atoms with van der Waals surface area (Å²) in [6, 6.07) is 0. The molecule has 7 fully saturated rings. The number of aliphatic hydroxyl groups is 5. The molecule has 1 spiro atoms. The number of ether oxygens (including phenoxy) is 4. The normalized spacial score (nSPS) is 60.9. The molecule has 3 saturated heterocycles. The van der Waals surface area contributed by atoms with Crippen molar-refractivity contribution in [2.24, 2.45) is 52.3 Å². The zero-order chi connectivity index (χ0) is 29.8. The van der Waals surface area contributed by atoms with Crippen LogP contribution < -0.4 is 0 Å². The first-order valence-electron chi connectivity index (χ1n) is 16.9. The number of hydrogen-bond acceptors (Lipinski definition) is 9. The largest absolute Gasteiger partial charge is 0.394 e. The van der Waals surface area contributed by atoms with Gasteiger partial charge >= 0.3 is 0 Å². The lowest BCUT2D eigenvalue weighted by Crippen LogP contribution is -2.63. The van der Waals surface area contributed by atoms with Crippen molar-refractivity contribution in [3.05, 3.63) is 0 Å². The highest BCUT2D eigenvalue weighted by Gasteiger charge is 2.70. The van der Waals surface area contributed by atoms with Crippen molar-refractivity contribution >= 4 is 0 Å². The SMILES string of the molecule is C[C@@H]1CC[C@@]2(OC1)O[C@@H]1C[C@H]3[C@@H]4C[C@@H](O[C@H]5O[C@@H](CO)[C@H](O)[C@@H](O)[C@@H]5O)[C@@H]5C[C@H](O)CC[C@]5(C)[C@@H]4CC[C@]3(C)[C@@H]1[C@H]2C. The number of fused-ring (bicyclic) bond motifs is 7. The summed E-state index contributed by atoms with van der Waals surface area (Å²) in [5.74, 6) is 2.47. The molecule has 7 rings (SSSR count). The molecule has 0 aromatic rings. The Hall–Kier alpha value is -0.360. The van der Waals surface area contributed by atoms with Crippen LogP contribution in [0.25, 0.3) is 0 Å². The van der Waals surface area contributed by atoms with Crippen LogP contribution in [0.5, 0.6) is 0 Å². The Kier molecular flexibility index (Phi) is 7.64. The van der Waals surface area contributed by atoms with Crippen LogP contribution in [0.3, 0.4) is 0 Å². The van der Waals surface area contributed by atoms with Crippen LogP contribution in [-0.4, -0.2) is 93.6 Å². The Morgan fingerprint density at radius 1 is 0.810 bits per heavy atom. The predicted molar refractivity (Wildman–Crippen MR) is 152 cm³/mol. The molecule has 0 radical (unpaired) electrons. The summed E-state index contributed by atoms with van der Waals surface area (Å²) in [7, 11) is 0. The van der Waals surface area contributed by atoms with Gasteiger partial charge in [-0.3, -0.25) is 0 Å². The third-order valence-corrected chi connectivity index (χ3v) is 14.1. The molecule has 4 aliphatic carbocycles. The van der Waals surface area contributed by atoms with Crippen molar-refractivity contribution in [3.63, 3.8) is 0 Å². The molecule has 0 bridgehead atoms. The number of hydrogen-bond donors (Lipinski definition) is 5. The highest BCUT2D eigenvalue weighted by atomic mass is 16.7. The van der Waals surface area contributed by atoms with E-state index in [1.165, 1.54) is 6.42 Å². The summed E-state index contributed by atoms with van der Waals surface area (Å²) in [6.07, 6.45) is 1.75. The predicted octanol–water partition coefficient (Wildman–Crippen LogP) is 2.59. The van der Waals surface area contributed by atoms with Gasteiger partial charge in [-0.25, -0.2) is 0 Å². The van der Waals surface area contributed by atoms with E-state index in [4.69, 9.17) is 18.9 Å². The van der Waals surface area contributed by atoms with Crippen molar-refractivity contribution < 1.29 is 44.5 Å². The van der Waals surface area contributed by atoms with E-state index < -0.39 is 43.1 Å². The fourth-order valence-corrected chi connectivity index (χ4v) is 11.8. The van der Waals surface area contributed by atoms with Crippen LogP contribution in [0.2, 0.25) is 0 Å². The molecule has 3 aliphatic heterocycles. The molecule has 9 nitrogen and oxygen atoms in total. The van der Waals surface area contributed by atoms with Gasteiger partial charge in [-0.05, 0) is 97.7 Å². The maximum absolute atomic E-state index is 10.8. The minimum Gasteiger partial charge on any atom is -0.394 e. The quantitative estimate of drug-likeness (QED) is 0.312. The summed E-state index contributed by atoms with van der Waals surface area (Å²) in [5, 5.41) is 52.2. The Bertz CT molecular complexity index is 1000. The summed E-state index contributed by atoms with van der Waals surface area (Å²) < 4.78 is 25.9. The van der Waals surface area contributed by atoms with Crippen LogP contribution in [0, 0.1) is 52.3 Å². The summed E-state index contributed by atoms with van der Waals surface area (Å²) >= 11 is 0. The molecule has 7 aliphatic rings. The Morgan fingerprint density at radius 3 is 2.29 bits per heavy atom. The van der Waals surface area contributed by atoms with E-state index in [9.17, 15) is 25.5 Å². The molecule has 240 valence electrons. The molecule has 42 heavy (non-hydrogen) atoms. The Balaban J connectivity index is 1.17. The smallest absolute Gasteiger partial charge is 0.186 e. The first-order chi connectivity index (χ1) is 19.9. The van der Waals surface area contributed by atoms with E-state index in [0.717, 1.165) is 51.6 Å². The first kappa shape index (κ1) is 30.3. The molecule has 3 heterocycles. The minimum atomic E-state index is -1.47. The third kappa shape index (κ3) is 4.35. The van der Waals surface area contributed by atoms with Gasteiger partial charge in [0.05, 0.1) is 31.5 Å². The lowest BCUT2D eigenvalue weighted by Gasteiger charge is -2.63. The molecular weight excluding hydrogens is 540 g/mol. The number of aliphatic hydroxyl groups excluding tert-OH is 5. The molecule has 5 N–H and O–H groups in total. The summed E-state index contributed by atoms with van der Waals surface area (Å²) in [6.45, 7) is 9.83. The van der Waals surface area contributed by atoms with Crippen LogP contribution in [0.4, 0.5) is 0 Å². The Labute approximate surface area is 250 Å². The maximum Gasteiger partial charge on any atom is 0.186 e. The van der Waals surface area contributed by atoms with Gasteiger partial charge in [0, 0.05) is 12.3 Å². The maximum atomic E-state index is 10.8. The van der Waals surface area contributed by atoms with E-state index in [1.54, 1.807) is 0 Å². The second-order valence-electron chi connectivity index (χ2n) is 16.0. The lowest BCUT2D eigenvalue weighted by molar-refractivity contribution is -0.328. The van der Waals surface area contributed by atoms with E-state index in [2.05, 4.69) is 27.7 Å². The Morgan fingerprint density at radius 2 is 1.57 bits per heavy atom. The van der Waals surface area contributed by atoms with Crippen LogP contribution in [0.15, 0.2) is 0 Å². The topological polar surface area (TPSA) is 138 Å². The van der Waals surface area contributed by atoms with Gasteiger partial charge in [0.15, 0.2) is 12.1 Å². The standard InChI is InChI=1S/C33H54O9/c1-16-5-10-33(39-15-16)17(2)26-24(42-33)13-21-19-12-23(40-30-29(38)28(37)27(36)25(14-34)41-30)22-11-18(35)6-8-31(22,3)20(19)7-9-32(21,26)4/h16-30,34-38H,5-15H2,1-4H3/t16-,17-,18-,19-,20-,21+,22+,23-,24-,25+,26-,27+,28-,29+,30+,31-,32+,33-/m1/s1. The molecule has 0 unspecified atom stereocenters. The zero-order valence-corrected chi connectivity index (χ0v) is 25.8. The first-order valence-corrected chi connectivity index (χ1v) is 16.9. The van der Waals surface area contributed by atoms with E-state index >= 15 is 0 Å². The van der Waals surface area contributed by atoms with E-state index in [-0.39, 0.29) is 35.1 Å². The van der Waals surface area contributed by atoms with Gasteiger partial charge in [-0.15, -0.1) is 0 Å². The van der Waals surface area contributed by atoms with Crippen LogP contribution >= 0.6 is 0 Å². The molecule has 0 amide bonds. The second-order valence-corrected chi connectivity index (χ2v) is 16.0. The lowest BCUT2D eigenvalue weighted by atomic mass is 9.43. The van der Waals surface area contributed by atoms with Crippen molar-refractivity contribution in [3.8, 4) is 0 Å². The fraction of sp³-hybridized carbons (Fsp3) is 1.00. The highest BCUT2D eigenvalue weighted by Crippen LogP contribution is 2.71. The number of rotatable bonds is 3. The van der Waals surface area contributed by atoms with Gasteiger partial charge in [0.1, 0.15) is 24.4 Å². The molecule has 0 aromatic carbocycles. The average Bonchev–Trinajstić information content (AvgIpc) is 3.41. The summed E-state index contributed by atoms with van der Waals surface area (Å²) in [4.78, 5) is 0. The van der Waals surface area contributed by atoms with Crippen molar-refractivity contribution in [1.29, 1.82) is 0 Å². The highest BCUT2D eigenvalue weighted by molar-refractivity contribution is 5.16. The molecule has 9 heteroatoms. The zero-order valence-electron chi connectivity index (χ0n) is 25.8. The third-order valence-electron chi connectivity index (χ3n) is 14.1. The van der Waals surface area contributed by atoms with Gasteiger partial charge in [0.2, 0.25) is 0 Å². The van der Waals surface area contributed by atoms with E-state index in [0.29, 0.717) is 41.9 Å². The van der Waals surface area contributed by atoms with Crippen molar-refractivity contribution in [1.82, 2.24) is 0 Å². The minimum absolute atomic E-state index is 0.0176. The average molecular weight is 595 g/mol. The van der Waals surface area contributed by atoms with Gasteiger partial charge in [-0.2, -0.15) is 0 Å². The van der Waals surface area contributed by atoms with Crippen molar-refractivity contribution in [2.75, 3.05) is 13.2 Å². The van der Waals surface area contributed by atoms with Gasteiger partial charge in [-0.1, -0.05) is 27.7 Å². The molecular formula is C33H54O9. The monoisotopic (exact) mass is 594 g/mol. The van der Waals surface area contributed by atoms with Crippen LogP contribution in [-0.2, 0) is 18.9 Å². The fourth-order valence-electron chi connectivity index (χ4n) is 11.8. The van der Waals surface area contributed by atoms with Crippen molar-refractivity contribution in [2.45, 2.75) is 140 Å². The van der Waals surface area contributed by atoms with E-state index in [1.807, 2.05) is 0 Å². The molecule has 18 atom stereocenters. The van der Waals surface area contributed by atoms with Gasteiger partial charge in [0.25, 0.3) is 0 Å². The summed E-state index contributed by atoms with van der Waals surface area (Å²) in [5.41, 5.74) is 0.128.